The van der Waals surface area contributed by atoms with Crippen LogP contribution in [0.5, 0.6) is 0 Å². The van der Waals surface area contributed by atoms with Gasteiger partial charge >= 0.3 is 0 Å². The second-order valence-electron chi connectivity index (χ2n) is 4.16. The first kappa shape index (κ1) is 13.6. The summed E-state index contributed by atoms with van der Waals surface area (Å²) >= 11 is 0. The maximum absolute atomic E-state index is 13.6. The highest BCUT2D eigenvalue weighted by atomic mass is 19.1. The van der Waals surface area contributed by atoms with Crippen LogP contribution in [-0.4, -0.2) is 23.9 Å². The van der Waals surface area contributed by atoms with Gasteiger partial charge in [0, 0.05) is 12.6 Å². The molecular formula is C13H19FN2O. The standard InChI is InChI=1S/C13H19FN2O/c1-4-12(15)13(17)16(3)9(2)10-7-5-6-8-11(10)14/h5-9,12H,4,15H2,1-3H3/t9?,12-/m0/s1. The van der Waals surface area contributed by atoms with Crippen molar-refractivity contribution >= 4 is 5.91 Å². The van der Waals surface area contributed by atoms with E-state index in [9.17, 15) is 9.18 Å². The molecule has 17 heavy (non-hydrogen) atoms. The smallest absolute Gasteiger partial charge is 0.239 e. The minimum Gasteiger partial charge on any atom is -0.338 e. The summed E-state index contributed by atoms with van der Waals surface area (Å²) in [4.78, 5) is 13.4. The molecule has 0 spiro atoms. The van der Waals surface area contributed by atoms with Gasteiger partial charge in [-0.1, -0.05) is 25.1 Å². The van der Waals surface area contributed by atoms with Gasteiger partial charge in [-0.2, -0.15) is 0 Å². The third-order valence-electron chi connectivity index (χ3n) is 3.04. The van der Waals surface area contributed by atoms with Gasteiger partial charge < -0.3 is 10.6 Å². The van der Waals surface area contributed by atoms with Gasteiger partial charge in [-0.05, 0) is 19.4 Å². The number of benzene rings is 1. The summed E-state index contributed by atoms with van der Waals surface area (Å²) in [6.45, 7) is 3.64. The lowest BCUT2D eigenvalue weighted by Crippen LogP contribution is -2.42. The van der Waals surface area contributed by atoms with E-state index in [0.29, 0.717) is 12.0 Å². The molecule has 0 radical (unpaired) electrons. The van der Waals surface area contributed by atoms with Crippen molar-refractivity contribution in [2.45, 2.75) is 32.4 Å². The highest BCUT2D eigenvalue weighted by Crippen LogP contribution is 2.22. The predicted octanol–water partition coefficient (Wildman–Crippen LogP) is 2.08. The van der Waals surface area contributed by atoms with E-state index in [0.717, 1.165) is 0 Å². The lowest BCUT2D eigenvalue weighted by molar-refractivity contribution is -0.133. The zero-order valence-electron chi connectivity index (χ0n) is 10.5. The monoisotopic (exact) mass is 238 g/mol. The lowest BCUT2D eigenvalue weighted by Gasteiger charge is -2.27. The molecule has 0 aromatic heterocycles. The molecule has 94 valence electrons. The van der Waals surface area contributed by atoms with Crippen molar-refractivity contribution in [3.05, 3.63) is 35.6 Å². The summed E-state index contributed by atoms with van der Waals surface area (Å²) in [5, 5.41) is 0. The molecule has 1 rings (SSSR count). The third kappa shape index (κ3) is 3.03. The molecule has 0 fully saturated rings. The number of carbonyl (C=O) groups is 1. The number of nitrogens with two attached hydrogens (primary N) is 1. The molecule has 4 heteroatoms. The van der Waals surface area contributed by atoms with Gasteiger partial charge in [0.15, 0.2) is 0 Å². The second kappa shape index (κ2) is 5.77. The topological polar surface area (TPSA) is 46.3 Å². The molecule has 1 aromatic rings. The Kier molecular flexibility index (Phi) is 4.63. The highest BCUT2D eigenvalue weighted by molar-refractivity contribution is 5.81. The zero-order valence-corrected chi connectivity index (χ0v) is 10.5. The molecule has 1 aromatic carbocycles. The molecule has 1 unspecified atom stereocenters. The Bertz CT molecular complexity index is 395. The molecule has 1 amide bonds. The Hall–Kier alpha value is -1.42. The first-order valence-corrected chi connectivity index (χ1v) is 5.75. The SMILES string of the molecule is CC[C@H](N)C(=O)N(C)C(C)c1ccccc1F. The van der Waals surface area contributed by atoms with Gasteiger partial charge in [-0.15, -0.1) is 0 Å². The molecule has 2 N–H and O–H groups in total. The zero-order chi connectivity index (χ0) is 13.0. The van der Waals surface area contributed by atoms with E-state index in [2.05, 4.69) is 0 Å². The Morgan fingerprint density at radius 1 is 1.47 bits per heavy atom. The Morgan fingerprint density at radius 2 is 2.06 bits per heavy atom. The van der Waals surface area contributed by atoms with Crippen LogP contribution in [0.1, 0.15) is 31.9 Å². The van der Waals surface area contributed by atoms with Crippen molar-refractivity contribution in [3.8, 4) is 0 Å². The van der Waals surface area contributed by atoms with E-state index in [1.165, 1.54) is 11.0 Å². The van der Waals surface area contributed by atoms with Crippen LogP contribution >= 0.6 is 0 Å². The van der Waals surface area contributed by atoms with Gasteiger partial charge in [0.05, 0.1) is 12.1 Å². The Balaban J connectivity index is 2.87. The van der Waals surface area contributed by atoms with E-state index in [1.807, 2.05) is 6.92 Å². The molecule has 0 heterocycles. The van der Waals surface area contributed by atoms with Gasteiger partial charge in [-0.3, -0.25) is 4.79 Å². The molecule has 3 nitrogen and oxygen atoms in total. The van der Waals surface area contributed by atoms with Gasteiger partial charge in [-0.25, -0.2) is 4.39 Å². The van der Waals surface area contributed by atoms with E-state index in [4.69, 9.17) is 5.73 Å². The maximum atomic E-state index is 13.6. The Morgan fingerprint density at radius 3 is 2.59 bits per heavy atom. The first-order chi connectivity index (χ1) is 7.99. The summed E-state index contributed by atoms with van der Waals surface area (Å²) in [6.07, 6.45) is 0.577. The van der Waals surface area contributed by atoms with Crippen LogP contribution in [0.15, 0.2) is 24.3 Å². The third-order valence-corrected chi connectivity index (χ3v) is 3.04. The van der Waals surface area contributed by atoms with E-state index in [-0.39, 0.29) is 17.8 Å². The summed E-state index contributed by atoms with van der Waals surface area (Å²) in [5.74, 6) is -0.465. The van der Waals surface area contributed by atoms with Crippen molar-refractivity contribution in [2.75, 3.05) is 7.05 Å². The molecule has 0 saturated heterocycles. The fourth-order valence-corrected chi connectivity index (χ4v) is 1.65. The molecule has 0 saturated carbocycles. The quantitative estimate of drug-likeness (QED) is 0.873. The molecule has 0 aliphatic rings. The van der Waals surface area contributed by atoms with Crippen molar-refractivity contribution in [2.24, 2.45) is 5.73 Å². The number of hydrogen-bond donors (Lipinski definition) is 1. The van der Waals surface area contributed by atoms with Crippen LogP contribution in [0.3, 0.4) is 0 Å². The molecule has 0 bridgehead atoms. The predicted molar refractivity (Wildman–Crippen MR) is 65.9 cm³/mol. The minimum absolute atomic E-state index is 0.164. The maximum Gasteiger partial charge on any atom is 0.239 e. The van der Waals surface area contributed by atoms with Crippen LogP contribution < -0.4 is 5.73 Å². The summed E-state index contributed by atoms with van der Waals surface area (Å²) in [6, 6.07) is 5.62. The highest BCUT2D eigenvalue weighted by Gasteiger charge is 2.23. The van der Waals surface area contributed by atoms with Crippen molar-refractivity contribution in [1.82, 2.24) is 4.90 Å². The number of likely N-dealkylation sites (N-methyl/N-ethyl adjacent to an activating group) is 1. The number of carbonyl (C=O) groups excluding carboxylic acids is 1. The van der Waals surface area contributed by atoms with Crippen LogP contribution in [-0.2, 0) is 4.79 Å². The first-order valence-electron chi connectivity index (χ1n) is 5.75. The number of rotatable bonds is 4. The van der Waals surface area contributed by atoms with Crippen LogP contribution in [0.25, 0.3) is 0 Å². The molecule has 2 atom stereocenters. The van der Waals surface area contributed by atoms with Crippen molar-refractivity contribution < 1.29 is 9.18 Å². The number of hydrogen-bond acceptors (Lipinski definition) is 2. The van der Waals surface area contributed by atoms with Crippen LogP contribution in [0, 0.1) is 5.82 Å². The molecular weight excluding hydrogens is 219 g/mol. The summed E-state index contributed by atoms with van der Waals surface area (Å²) in [5.41, 5.74) is 6.19. The average molecular weight is 238 g/mol. The van der Waals surface area contributed by atoms with Gasteiger partial charge in [0.25, 0.3) is 0 Å². The van der Waals surface area contributed by atoms with Gasteiger partial charge in [0.1, 0.15) is 5.82 Å². The summed E-state index contributed by atoms with van der Waals surface area (Å²) < 4.78 is 13.6. The largest absolute Gasteiger partial charge is 0.338 e. The number of amides is 1. The lowest BCUT2D eigenvalue weighted by atomic mass is 10.1. The molecule has 0 aliphatic heterocycles. The van der Waals surface area contributed by atoms with E-state index < -0.39 is 6.04 Å². The summed E-state index contributed by atoms with van der Waals surface area (Å²) in [7, 11) is 1.65. The number of nitrogens with zero attached hydrogens (tertiary/aromatic N) is 1. The normalized spacial score (nSPS) is 14.2. The van der Waals surface area contributed by atoms with Crippen LogP contribution in [0.4, 0.5) is 4.39 Å². The van der Waals surface area contributed by atoms with E-state index >= 15 is 0 Å². The van der Waals surface area contributed by atoms with Gasteiger partial charge in [0.2, 0.25) is 5.91 Å². The number of halogens is 1. The average Bonchev–Trinajstić information content (AvgIpc) is 2.35. The fourth-order valence-electron chi connectivity index (χ4n) is 1.65. The van der Waals surface area contributed by atoms with Crippen molar-refractivity contribution in [3.63, 3.8) is 0 Å². The Labute approximate surface area is 101 Å². The van der Waals surface area contributed by atoms with E-state index in [1.54, 1.807) is 32.2 Å². The minimum atomic E-state index is -0.519. The molecule has 0 aliphatic carbocycles. The van der Waals surface area contributed by atoms with Crippen LogP contribution in [0.2, 0.25) is 0 Å². The van der Waals surface area contributed by atoms with Crippen molar-refractivity contribution in [1.29, 1.82) is 0 Å². The second-order valence-corrected chi connectivity index (χ2v) is 4.16. The fraction of sp³-hybridized carbons (Fsp3) is 0.462.